The van der Waals surface area contributed by atoms with Crippen molar-refractivity contribution in [2.45, 2.75) is 37.5 Å². The van der Waals surface area contributed by atoms with Gasteiger partial charge >= 0.3 is 0 Å². The molecule has 0 saturated carbocycles. The molecule has 1 aromatic heterocycles. The molecule has 0 saturated heterocycles. The molecule has 0 aliphatic heterocycles. The summed E-state index contributed by atoms with van der Waals surface area (Å²) in [7, 11) is -8.05. The Kier molecular flexibility index (Phi) is 8.21. The number of carbonyl (C=O) groups is 1. The fourth-order valence-corrected chi connectivity index (χ4v) is 6.38. The van der Waals surface area contributed by atoms with Crippen molar-refractivity contribution in [1.29, 1.82) is 0 Å². The molecular formula is C28H29N5O5S2. The second-order valence-electron chi connectivity index (χ2n) is 9.31. The highest BCUT2D eigenvalue weighted by atomic mass is 32.2. The molecule has 4 aromatic rings. The number of amides is 1. The Morgan fingerprint density at radius 3 is 2.05 bits per heavy atom. The van der Waals surface area contributed by atoms with Crippen LogP contribution in [-0.2, 0) is 24.8 Å². The van der Waals surface area contributed by atoms with Crippen LogP contribution in [0.1, 0.15) is 22.4 Å². The molecular weight excluding hydrogens is 550 g/mol. The Balaban J connectivity index is 1.55. The molecule has 0 atom stereocenters. The quantitative estimate of drug-likeness (QED) is 0.301. The number of hydrogen-bond donors (Lipinski definition) is 2. The predicted molar refractivity (Wildman–Crippen MR) is 154 cm³/mol. The summed E-state index contributed by atoms with van der Waals surface area (Å²) in [6.07, 6.45) is 1.44. The van der Waals surface area contributed by atoms with Gasteiger partial charge in [0.1, 0.15) is 6.54 Å². The lowest BCUT2D eigenvalue weighted by atomic mass is 10.1. The van der Waals surface area contributed by atoms with E-state index in [0.29, 0.717) is 22.6 Å². The van der Waals surface area contributed by atoms with Crippen molar-refractivity contribution in [2.75, 3.05) is 20.9 Å². The number of aromatic nitrogens is 2. The summed E-state index contributed by atoms with van der Waals surface area (Å²) in [6, 6.07) is 18.8. The van der Waals surface area contributed by atoms with Gasteiger partial charge in [0.05, 0.1) is 15.5 Å². The molecule has 0 aliphatic carbocycles. The van der Waals surface area contributed by atoms with Crippen LogP contribution in [0.25, 0.3) is 0 Å². The third kappa shape index (κ3) is 6.64. The molecule has 0 aliphatic rings. The summed E-state index contributed by atoms with van der Waals surface area (Å²) in [5, 5.41) is 2.66. The van der Waals surface area contributed by atoms with Gasteiger partial charge in [-0.3, -0.25) is 9.10 Å². The average Bonchev–Trinajstić information content (AvgIpc) is 2.88. The fourth-order valence-electron chi connectivity index (χ4n) is 3.95. The molecule has 0 bridgehead atoms. The topological polar surface area (TPSA) is 138 Å². The minimum atomic E-state index is -4.08. The molecule has 0 spiro atoms. The van der Waals surface area contributed by atoms with Crippen molar-refractivity contribution in [1.82, 2.24) is 9.97 Å². The van der Waals surface area contributed by atoms with E-state index in [-0.39, 0.29) is 15.7 Å². The van der Waals surface area contributed by atoms with Crippen molar-refractivity contribution in [2.24, 2.45) is 0 Å². The van der Waals surface area contributed by atoms with Crippen molar-refractivity contribution in [3.63, 3.8) is 0 Å². The molecule has 0 unspecified atom stereocenters. The van der Waals surface area contributed by atoms with E-state index in [1.54, 1.807) is 44.2 Å². The Hall–Kier alpha value is -4.29. The van der Waals surface area contributed by atoms with Gasteiger partial charge in [0, 0.05) is 17.6 Å². The van der Waals surface area contributed by atoms with E-state index in [1.807, 2.05) is 19.9 Å². The summed E-state index contributed by atoms with van der Waals surface area (Å²) < 4.78 is 56.1. The summed E-state index contributed by atoms with van der Waals surface area (Å²) >= 11 is 0. The maximum Gasteiger partial charge on any atom is 0.264 e. The van der Waals surface area contributed by atoms with Crippen LogP contribution in [0.5, 0.6) is 0 Å². The van der Waals surface area contributed by atoms with Crippen LogP contribution >= 0.6 is 0 Å². The summed E-state index contributed by atoms with van der Waals surface area (Å²) in [4.78, 5) is 21.0. The lowest BCUT2D eigenvalue weighted by Crippen LogP contribution is -2.38. The first-order chi connectivity index (χ1) is 18.8. The minimum Gasteiger partial charge on any atom is -0.325 e. The highest BCUT2D eigenvalue weighted by Gasteiger charge is 2.28. The largest absolute Gasteiger partial charge is 0.325 e. The van der Waals surface area contributed by atoms with E-state index in [9.17, 15) is 21.6 Å². The Labute approximate surface area is 234 Å². The van der Waals surface area contributed by atoms with Gasteiger partial charge < -0.3 is 5.32 Å². The van der Waals surface area contributed by atoms with E-state index in [1.165, 1.54) is 42.6 Å². The molecule has 0 fully saturated rings. The molecule has 2 N–H and O–H groups in total. The molecule has 4 rings (SSSR count). The normalized spacial score (nSPS) is 11.6. The number of nitrogens with zero attached hydrogens (tertiary/aromatic N) is 3. The van der Waals surface area contributed by atoms with E-state index >= 15 is 0 Å². The summed E-state index contributed by atoms with van der Waals surface area (Å²) in [5.41, 5.74) is 3.84. The van der Waals surface area contributed by atoms with E-state index in [4.69, 9.17) is 0 Å². The lowest BCUT2D eigenvalue weighted by molar-refractivity contribution is -0.114. The Morgan fingerprint density at radius 1 is 0.800 bits per heavy atom. The number of carbonyl (C=O) groups excluding carboxylic acids is 1. The zero-order chi connectivity index (χ0) is 29.1. The van der Waals surface area contributed by atoms with Crippen molar-refractivity contribution in [3.8, 4) is 0 Å². The van der Waals surface area contributed by atoms with Gasteiger partial charge in [-0.1, -0.05) is 35.4 Å². The van der Waals surface area contributed by atoms with Gasteiger partial charge in [-0.2, -0.15) is 0 Å². The summed E-state index contributed by atoms with van der Waals surface area (Å²) in [5.74, 6) is -0.656. The average molecular weight is 580 g/mol. The number of benzene rings is 3. The highest BCUT2D eigenvalue weighted by molar-refractivity contribution is 7.93. The van der Waals surface area contributed by atoms with Crippen LogP contribution < -0.4 is 14.3 Å². The molecule has 10 nitrogen and oxygen atoms in total. The number of nitrogens with one attached hydrogen (secondary N) is 2. The van der Waals surface area contributed by atoms with Crippen LogP contribution in [0.4, 0.5) is 17.3 Å². The van der Waals surface area contributed by atoms with E-state index < -0.39 is 32.5 Å². The fraction of sp³-hybridized carbons (Fsp3) is 0.179. The molecule has 3 aromatic carbocycles. The SMILES string of the molecule is Cc1ccc(S(=O)(=O)N(CC(=O)Nc2ccc(S(=O)(=O)Nc3nccc(C)n3)cc2)c2ccc(C)cc2C)cc1. The van der Waals surface area contributed by atoms with Crippen LogP contribution in [0.2, 0.25) is 0 Å². The van der Waals surface area contributed by atoms with Crippen molar-refractivity contribution < 1.29 is 21.6 Å². The van der Waals surface area contributed by atoms with Crippen LogP contribution in [-0.4, -0.2) is 39.3 Å². The molecule has 0 radical (unpaired) electrons. The van der Waals surface area contributed by atoms with Gasteiger partial charge in [-0.05, 0) is 81.8 Å². The minimum absolute atomic E-state index is 0.0568. The third-order valence-corrected chi connectivity index (χ3v) is 9.10. The zero-order valence-electron chi connectivity index (χ0n) is 22.4. The maximum atomic E-state index is 13.7. The van der Waals surface area contributed by atoms with Gasteiger partial charge in [0.15, 0.2) is 0 Å². The first kappa shape index (κ1) is 28.7. The van der Waals surface area contributed by atoms with Gasteiger partial charge in [-0.15, -0.1) is 0 Å². The number of rotatable bonds is 9. The maximum absolute atomic E-state index is 13.7. The van der Waals surface area contributed by atoms with Crippen molar-refractivity contribution >= 4 is 43.3 Å². The molecule has 1 amide bonds. The molecule has 12 heteroatoms. The number of aryl methyl sites for hydroxylation is 4. The number of hydrogen-bond acceptors (Lipinski definition) is 7. The van der Waals surface area contributed by atoms with Crippen LogP contribution in [0, 0.1) is 27.7 Å². The van der Waals surface area contributed by atoms with Gasteiger partial charge in [-0.25, -0.2) is 31.5 Å². The zero-order valence-corrected chi connectivity index (χ0v) is 24.0. The smallest absolute Gasteiger partial charge is 0.264 e. The second kappa shape index (κ2) is 11.4. The van der Waals surface area contributed by atoms with E-state index in [0.717, 1.165) is 15.4 Å². The lowest BCUT2D eigenvalue weighted by Gasteiger charge is -2.26. The first-order valence-electron chi connectivity index (χ1n) is 12.2. The van der Waals surface area contributed by atoms with Crippen LogP contribution in [0.3, 0.4) is 0 Å². The summed E-state index contributed by atoms with van der Waals surface area (Å²) in [6.45, 7) is 6.76. The monoisotopic (exact) mass is 579 g/mol. The van der Waals surface area contributed by atoms with Crippen LogP contribution in [0.15, 0.2) is 88.8 Å². The second-order valence-corrected chi connectivity index (χ2v) is 12.9. The molecule has 1 heterocycles. The van der Waals surface area contributed by atoms with E-state index in [2.05, 4.69) is 20.0 Å². The number of sulfonamides is 2. The first-order valence-corrected chi connectivity index (χ1v) is 15.2. The standard InChI is InChI=1S/C28H29N5O5S2/c1-19-5-10-25(11-6-19)40(37,38)33(26-14-7-20(2)17-21(26)3)18-27(34)31-23-8-12-24(13-9-23)39(35,36)32-28-29-16-15-22(4)30-28/h5-17H,18H2,1-4H3,(H,31,34)(H,29,30,32). The van der Waals surface area contributed by atoms with Gasteiger partial charge in [0.25, 0.3) is 20.0 Å². The van der Waals surface area contributed by atoms with Crippen molar-refractivity contribution in [3.05, 3.63) is 101 Å². The highest BCUT2D eigenvalue weighted by Crippen LogP contribution is 2.28. The third-order valence-electron chi connectivity index (χ3n) is 5.99. The molecule has 208 valence electrons. The van der Waals surface area contributed by atoms with Gasteiger partial charge in [0.2, 0.25) is 11.9 Å². The number of anilines is 3. The predicted octanol–water partition coefficient (Wildman–Crippen LogP) is 4.35. The molecule has 40 heavy (non-hydrogen) atoms. The Morgan fingerprint density at radius 2 is 1.43 bits per heavy atom. The Bertz CT molecular complexity index is 1760.